The molecule has 3 heterocycles. The number of nitrogens with zero attached hydrogens (tertiary/aromatic N) is 6. The lowest BCUT2D eigenvalue weighted by molar-refractivity contribution is 0.250. The second-order valence-corrected chi connectivity index (χ2v) is 7.63. The minimum atomic E-state index is 0.652. The lowest BCUT2D eigenvalue weighted by Gasteiger charge is -2.34. The number of thiazole rings is 1. The third-order valence-corrected chi connectivity index (χ3v) is 6.02. The van der Waals surface area contributed by atoms with Crippen LogP contribution in [-0.2, 0) is 6.54 Å². The fraction of sp³-hybridized carbons (Fsp3) is 0.263. The van der Waals surface area contributed by atoms with Gasteiger partial charge in [0.25, 0.3) is 0 Å². The molecule has 1 aliphatic rings. The third kappa shape index (κ3) is 3.29. The highest BCUT2D eigenvalue weighted by atomic mass is 32.1. The van der Waals surface area contributed by atoms with E-state index in [1.165, 1.54) is 10.3 Å². The summed E-state index contributed by atoms with van der Waals surface area (Å²) in [4.78, 5) is 9.66. The fourth-order valence-electron chi connectivity index (χ4n) is 3.49. The Morgan fingerprint density at radius 3 is 2.59 bits per heavy atom. The maximum absolute atomic E-state index is 4.79. The SMILES string of the molecule is c1ccc(-c2nn[nH]n2)c(CN2CCN(c3nc4ccccc4s3)CC2)c1. The van der Waals surface area contributed by atoms with Crippen molar-refractivity contribution < 1.29 is 0 Å². The molecule has 2 aromatic heterocycles. The van der Waals surface area contributed by atoms with E-state index in [1.54, 1.807) is 11.3 Å². The van der Waals surface area contributed by atoms with E-state index in [9.17, 15) is 0 Å². The summed E-state index contributed by atoms with van der Waals surface area (Å²) in [5.74, 6) is 0.652. The number of aromatic nitrogens is 5. The monoisotopic (exact) mass is 377 g/mol. The van der Waals surface area contributed by atoms with Crippen molar-refractivity contribution in [2.75, 3.05) is 31.1 Å². The molecular weight excluding hydrogens is 358 g/mol. The van der Waals surface area contributed by atoms with E-state index < -0.39 is 0 Å². The number of aromatic amines is 1. The van der Waals surface area contributed by atoms with Crippen molar-refractivity contribution in [1.82, 2.24) is 30.5 Å². The first-order chi connectivity index (χ1) is 13.4. The number of para-hydroxylation sites is 1. The van der Waals surface area contributed by atoms with Gasteiger partial charge in [0.15, 0.2) is 5.13 Å². The summed E-state index contributed by atoms with van der Waals surface area (Å²) >= 11 is 1.78. The molecule has 0 unspecified atom stereocenters. The van der Waals surface area contributed by atoms with Crippen LogP contribution in [0, 0.1) is 0 Å². The summed E-state index contributed by atoms with van der Waals surface area (Å²) in [6.45, 7) is 4.89. The van der Waals surface area contributed by atoms with Crippen LogP contribution >= 0.6 is 11.3 Å². The maximum atomic E-state index is 4.79. The van der Waals surface area contributed by atoms with Gasteiger partial charge in [-0.1, -0.05) is 47.7 Å². The molecule has 7 nitrogen and oxygen atoms in total. The average molecular weight is 377 g/mol. The van der Waals surface area contributed by atoms with E-state index in [0.29, 0.717) is 5.82 Å². The molecule has 4 aromatic rings. The van der Waals surface area contributed by atoms with Gasteiger partial charge in [-0.3, -0.25) is 4.90 Å². The van der Waals surface area contributed by atoms with E-state index >= 15 is 0 Å². The van der Waals surface area contributed by atoms with Gasteiger partial charge in [-0.25, -0.2) is 4.98 Å². The molecule has 0 radical (unpaired) electrons. The summed E-state index contributed by atoms with van der Waals surface area (Å²) < 4.78 is 1.25. The first-order valence-electron chi connectivity index (χ1n) is 9.01. The number of hydrogen-bond donors (Lipinski definition) is 1. The highest BCUT2D eigenvalue weighted by Gasteiger charge is 2.21. The molecule has 0 spiro atoms. The highest BCUT2D eigenvalue weighted by molar-refractivity contribution is 7.22. The van der Waals surface area contributed by atoms with Gasteiger partial charge in [0.05, 0.1) is 10.2 Å². The van der Waals surface area contributed by atoms with Crippen molar-refractivity contribution in [2.24, 2.45) is 0 Å². The van der Waals surface area contributed by atoms with Gasteiger partial charge in [0.1, 0.15) is 0 Å². The Morgan fingerprint density at radius 1 is 0.963 bits per heavy atom. The lowest BCUT2D eigenvalue weighted by atomic mass is 10.1. The van der Waals surface area contributed by atoms with Crippen molar-refractivity contribution in [3.05, 3.63) is 54.1 Å². The molecule has 1 fully saturated rings. The zero-order chi connectivity index (χ0) is 18.1. The first-order valence-corrected chi connectivity index (χ1v) is 9.83. The van der Waals surface area contributed by atoms with Gasteiger partial charge in [0.2, 0.25) is 5.82 Å². The second kappa shape index (κ2) is 7.05. The normalized spacial score (nSPS) is 15.5. The van der Waals surface area contributed by atoms with Crippen LogP contribution in [-0.4, -0.2) is 56.7 Å². The summed E-state index contributed by atoms with van der Waals surface area (Å²) in [5.41, 5.74) is 3.36. The first kappa shape index (κ1) is 16.3. The number of anilines is 1. The number of nitrogens with one attached hydrogen (secondary N) is 1. The van der Waals surface area contributed by atoms with Gasteiger partial charge in [0, 0.05) is 38.3 Å². The zero-order valence-electron chi connectivity index (χ0n) is 14.7. The van der Waals surface area contributed by atoms with Crippen molar-refractivity contribution >= 4 is 26.7 Å². The molecule has 1 saturated heterocycles. The van der Waals surface area contributed by atoms with E-state index in [1.807, 2.05) is 12.1 Å². The smallest absolute Gasteiger partial charge is 0.204 e. The van der Waals surface area contributed by atoms with E-state index in [2.05, 4.69) is 66.8 Å². The Morgan fingerprint density at radius 2 is 1.78 bits per heavy atom. The summed E-state index contributed by atoms with van der Waals surface area (Å²) in [7, 11) is 0. The Kier molecular flexibility index (Phi) is 4.27. The van der Waals surface area contributed by atoms with Crippen LogP contribution in [0.1, 0.15) is 5.56 Å². The maximum Gasteiger partial charge on any atom is 0.204 e. The molecule has 27 heavy (non-hydrogen) atoms. The van der Waals surface area contributed by atoms with Crippen LogP contribution in [0.25, 0.3) is 21.6 Å². The molecule has 0 saturated carbocycles. The van der Waals surface area contributed by atoms with Gasteiger partial charge in [-0.2, -0.15) is 5.21 Å². The lowest BCUT2D eigenvalue weighted by Crippen LogP contribution is -2.46. The Hall–Kier alpha value is -2.84. The number of piperazine rings is 1. The molecule has 0 aliphatic carbocycles. The highest BCUT2D eigenvalue weighted by Crippen LogP contribution is 2.29. The van der Waals surface area contributed by atoms with Crippen LogP contribution < -0.4 is 4.90 Å². The van der Waals surface area contributed by atoms with Crippen LogP contribution in [0.5, 0.6) is 0 Å². The van der Waals surface area contributed by atoms with Crippen molar-refractivity contribution in [1.29, 1.82) is 0 Å². The summed E-state index contributed by atoms with van der Waals surface area (Å²) in [6.07, 6.45) is 0. The molecule has 1 aliphatic heterocycles. The van der Waals surface area contributed by atoms with Crippen LogP contribution in [0.3, 0.4) is 0 Å². The quantitative estimate of drug-likeness (QED) is 0.590. The standard InChI is InChI=1S/C19H19N7S/c1-2-6-15(18-21-23-24-22-18)14(5-1)13-25-9-11-26(12-10-25)19-20-16-7-3-4-8-17(16)27-19/h1-8H,9-13H2,(H,21,22,23,24). The van der Waals surface area contributed by atoms with Crippen LogP contribution in [0.15, 0.2) is 48.5 Å². The molecule has 5 rings (SSSR count). The molecule has 2 aromatic carbocycles. The minimum Gasteiger partial charge on any atom is -0.345 e. The van der Waals surface area contributed by atoms with Crippen molar-refractivity contribution in [2.45, 2.75) is 6.54 Å². The number of rotatable bonds is 4. The predicted molar refractivity (Wildman–Crippen MR) is 107 cm³/mol. The number of fused-ring (bicyclic) bond motifs is 1. The van der Waals surface area contributed by atoms with Gasteiger partial charge in [-0.05, 0) is 22.9 Å². The number of hydrogen-bond acceptors (Lipinski definition) is 7. The van der Waals surface area contributed by atoms with E-state index in [0.717, 1.165) is 48.9 Å². The third-order valence-electron chi connectivity index (χ3n) is 4.92. The van der Waals surface area contributed by atoms with E-state index in [4.69, 9.17) is 4.98 Å². The molecule has 0 amide bonds. The van der Waals surface area contributed by atoms with Gasteiger partial charge < -0.3 is 4.90 Å². The Balaban J connectivity index is 1.28. The molecule has 0 bridgehead atoms. The summed E-state index contributed by atoms with van der Waals surface area (Å²) in [6, 6.07) is 16.6. The fourth-order valence-corrected chi connectivity index (χ4v) is 4.50. The largest absolute Gasteiger partial charge is 0.345 e. The second-order valence-electron chi connectivity index (χ2n) is 6.62. The van der Waals surface area contributed by atoms with Gasteiger partial charge >= 0.3 is 0 Å². The Labute approximate surface area is 160 Å². The van der Waals surface area contributed by atoms with E-state index in [-0.39, 0.29) is 0 Å². The number of tetrazole rings is 1. The van der Waals surface area contributed by atoms with Gasteiger partial charge in [-0.15, -0.1) is 10.2 Å². The van der Waals surface area contributed by atoms with Crippen LogP contribution in [0.4, 0.5) is 5.13 Å². The molecule has 8 heteroatoms. The number of H-pyrrole nitrogens is 1. The molecular formula is C19H19N7S. The average Bonchev–Trinajstić information content (AvgIpc) is 3.39. The minimum absolute atomic E-state index is 0.652. The molecule has 0 atom stereocenters. The molecule has 136 valence electrons. The van der Waals surface area contributed by atoms with Crippen molar-refractivity contribution in [3.8, 4) is 11.4 Å². The topological polar surface area (TPSA) is 73.8 Å². The van der Waals surface area contributed by atoms with Crippen molar-refractivity contribution in [3.63, 3.8) is 0 Å². The van der Waals surface area contributed by atoms with Crippen LogP contribution in [0.2, 0.25) is 0 Å². The summed E-state index contributed by atoms with van der Waals surface area (Å²) in [5, 5.41) is 15.6. The zero-order valence-corrected chi connectivity index (χ0v) is 15.6. The number of benzene rings is 2. The Bertz CT molecular complexity index is 1000. The molecule has 1 N–H and O–H groups in total. The predicted octanol–water partition coefficient (Wildman–Crippen LogP) is 2.80.